The third-order valence-corrected chi connectivity index (χ3v) is 11.4. The summed E-state index contributed by atoms with van der Waals surface area (Å²) in [5.74, 6) is 2.15. The van der Waals surface area contributed by atoms with E-state index in [0.29, 0.717) is 22.6 Å². The molecule has 1 unspecified atom stereocenters. The van der Waals surface area contributed by atoms with E-state index < -0.39 is 5.79 Å². The molecule has 6 atom stereocenters. The summed E-state index contributed by atoms with van der Waals surface area (Å²) < 4.78 is 30.9. The summed E-state index contributed by atoms with van der Waals surface area (Å²) in [6.07, 6.45) is 3.53. The van der Waals surface area contributed by atoms with Crippen LogP contribution in [0.3, 0.4) is 0 Å². The Morgan fingerprint density at radius 2 is 1.84 bits per heavy atom. The highest BCUT2D eigenvalue weighted by atomic mass is 32.2. The SMILES string of the molecule is CC1(C)OC(=O)c2c(SCCN3CCOCC3)ccc([C@@H]3C[C@@H]3B3O[C@H]4C[C@H]5C[C@H](C5(C)C)C4(C)O3)c2O1. The van der Waals surface area contributed by atoms with Crippen molar-refractivity contribution in [2.75, 3.05) is 38.6 Å². The van der Waals surface area contributed by atoms with Crippen molar-refractivity contribution < 1.29 is 28.3 Å². The topological polar surface area (TPSA) is 66.5 Å². The van der Waals surface area contributed by atoms with Crippen LogP contribution in [0.2, 0.25) is 5.82 Å². The molecule has 6 fully saturated rings. The second-order valence-electron chi connectivity index (χ2n) is 13.4. The Morgan fingerprint density at radius 3 is 2.61 bits per heavy atom. The zero-order valence-electron chi connectivity index (χ0n) is 23.3. The standard InChI is InChI=1S/C29H40BNO6S/c1-27(2)17-14-22(27)29(5)23(15-17)36-30(37-29)20-16-19(20)18-6-7-21(38-13-10-31-8-11-33-12-9-31)24-25(18)34-28(3,4)35-26(24)32/h6-7,17,19-20,22-23H,8-16H2,1-5H3/t17-,19+,20+,22-,23+,29?/m1/s1. The minimum atomic E-state index is -0.990. The Hall–Kier alpha value is -1.26. The van der Waals surface area contributed by atoms with Crippen molar-refractivity contribution in [2.24, 2.45) is 17.3 Å². The molecule has 9 heteroatoms. The molecule has 3 heterocycles. The van der Waals surface area contributed by atoms with E-state index in [0.717, 1.165) is 67.8 Å². The van der Waals surface area contributed by atoms with Gasteiger partial charge in [-0.25, -0.2) is 4.79 Å². The Labute approximate surface area is 230 Å². The Balaban J connectivity index is 1.10. The van der Waals surface area contributed by atoms with E-state index in [1.807, 2.05) is 13.8 Å². The van der Waals surface area contributed by atoms with Gasteiger partial charge in [0.25, 0.3) is 0 Å². The number of ether oxygens (including phenoxy) is 3. The van der Waals surface area contributed by atoms with Crippen LogP contribution < -0.4 is 4.74 Å². The van der Waals surface area contributed by atoms with E-state index in [1.165, 1.54) is 6.42 Å². The molecule has 38 heavy (non-hydrogen) atoms. The number of morpholine rings is 1. The number of benzene rings is 1. The van der Waals surface area contributed by atoms with Crippen LogP contribution in [0.25, 0.3) is 0 Å². The largest absolute Gasteiger partial charge is 0.461 e. The van der Waals surface area contributed by atoms with Crippen LogP contribution in [-0.2, 0) is 18.8 Å². The van der Waals surface area contributed by atoms with Crippen LogP contribution in [0.15, 0.2) is 17.0 Å². The molecular weight excluding hydrogens is 501 g/mol. The van der Waals surface area contributed by atoms with Gasteiger partial charge in [0.15, 0.2) is 0 Å². The molecule has 3 aliphatic heterocycles. The first-order chi connectivity index (χ1) is 18.1. The van der Waals surface area contributed by atoms with Gasteiger partial charge in [0.05, 0.1) is 24.9 Å². The summed E-state index contributed by atoms with van der Waals surface area (Å²) in [5.41, 5.74) is 1.80. The number of thioether (sulfide) groups is 1. The van der Waals surface area contributed by atoms with Crippen molar-refractivity contribution in [1.82, 2.24) is 4.90 Å². The maximum absolute atomic E-state index is 13.2. The first-order valence-electron chi connectivity index (χ1n) is 14.4. The second-order valence-corrected chi connectivity index (χ2v) is 14.5. The second kappa shape index (κ2) is 8.87. The molecule has 4 aliphatic carbocycles. The molecule has 0 aromatic heterocycles. The average molecular weight is 542 g/mol. The molecule has 206 valence electrons. The molecule has 0 radical (unpaired) electrons. The number of hydrogen-bond acceptors (Lipinski definition) is 8. The van der Waals surface area contributed by atoms with Gasteiger partial charge in [-0.05, 0) is 61.0 Å². The van der Waals surface area contributed by atoms with E-state index in [1.54, 1.807) is 11.8 Å². The normalized spacial score (nSPS) is 38.5. The van der Waals surface area contributed by atoms with Gasteiger partial charge in [-0.3, -0.25) is 4.90 Å². The average Bonchev–Trinajstić information content (AvgIpc) is 3.56. The Morgan fingerprint density at radius 1 is 1.05 bits per heavy atom. The fraction of sp³-hybridized carbons (Fsp3) is 0.759. The molecule has 1 aromatic carbocycles. The van der Waals surface area contributed by atoms with Gasteiger partial charge in [-0.1, -0.05) is 19.9 Å². The van der Waals surface area contributed by atoms with Gasteiger partial charge in [0.2, 0.25) is 5.79 Å². The van der Waals surface area contributed by atoms with E-state index >= 15 is 0 Å². The smallest absolute Gasteiger partial charge is 0.452 e. The molecular formula is C29H40BNO6S. The van der Waals surface area contributed by atoms with Gasteiger partial charge in [-0.2, -0.15) is 0 Å². The number of fused-ring (bicyclic) bond motifs is 1. The molecule has 7 aliphatic rings. The molecule has 8 rings (SSSR count). The lowest BCUT2D eigenvalue weighted by molar-refractivity contribution is -0.199. The van der Waals surface area contributed by atoms with Gasteiger partial charge in [-0.15, -0.1) is 11.8 Å². The lowest BCUT2D eigenvalue weighted by Gasteiger charge is -2.64. The van der Waals surface area contributed by atoms with Gasteiger partial charge < -0.3 is 23.5 Å². The van der Waals surface area contributed by atoms with Crippen LogP contribution in [0.4, 0.5) is 0 Å². The summed E-state index contributed by atoms with van der Waals surface area (Å²) in [7, 11) is -0.188. The Bertz CT molecular complexity index is 1140. The van der Waals surface area contributed by atoms with Gasteiger partial charge in [0, 0.05) is 49.9 Å². The summed E-state index contributed by atoms with van der Waals surface area (Å²) in [6, 6.07) is 4.25. The van der Waals surface area contributed by atoms with Crippen molar-refractivity contribution in [3.63, 3.8) is 0 Å². The molecule has 4 saturated carbocycles. The van der Waals surface area contributed by atoms with Gasteiger partial charge >= 0.3 is 13.1 Å². The molecule has 2 bridgehead atoms. The number of hydrogen-bond donors (Lipinski definition) is 0. The molecule has 1 aromatic rings. The third kappa shape index (κ3) is 4.06. The predicted molar refractivity (Wildman–Crippen MR) is 146 cm³/mol. The number of rotatable bonds is 6. The predicted octanol–water partition coefficient (Wildman–Crippen LogP) is 4.98. The summed E-state index contributed by atoms with van der Waals surface area (Å²) in [6.45, 7) is 15.2. The fourth-order valence-corrected chi connectivity index (χ4v) is 8.96. The van der Waals surface area contributed by atoms with Crippen LogP contribution in [-0.4, -0.2) is 74.1 Å². The highest BCUT2D eigenvalue weighted by Crippen LogP contribution is 2.68. The lowest BCUT2D eigenvalue weighted by Crippen LogP contribution is -2.65. The van der Waals surface area contributed by atoms with Crippen LogP contribution in [0.1, 0.15) is 75.7 Å². The number of nitrogens with zero attached hydrogens (tertiary/aromatic N) is 1. The van der Waals surface area contributed by atoms with Crippen molar-refractivity contribution >= 4 is 24.8 Å². The van der Waals surface area contributed by atoms with Gasteiger partial charge in [0.1, 0.15) is 11.3 Å². The first-order valence-corrected chi connectivity index (χ1v) is 15.4. The minimum absolute atomic E-state index is 0.188. The highest BCUT2D eigenvalue weighted by Gasteiger charge is 2.70. The molecule has 0 N–H and O–H groups in total. The maximum atomic E-state index is 13.2. The van der Waals surface area contributed by atoms with Crippen molar-refractivity contribution in [3.8, 4) is 5.75 Å². The molecule has 7 nitrogen and oxygen atoms in total. The summed E-state index contributed by atoms with van der Waals surface area (Å²) in [5, 5.41) is 0. The third-order valence-electron chi connectivity index (χ3n) is 10.4. The summed E-state index contributed by atoms with van der Waals surface area (Å²) in [4.78, 5) is 16.6. The molecule has 0 amide bonds. The number of carbonyl (C=O) groups is 1. The van der Waals surface area contributed by atoms with E-state index in [-0.39, 0.29) is 36.5 Å². The van der Waals surface area contributed by atoms with Crippen LogP contribution in [0, 0.1) is 17.3 Å². The van der Waals surface area contributed by atoms with E-state index in [9.17, 15) is 4.79 Å². The van der Waals surface area contributed by atoms with Crippen LogP contribution >= 0.6 is 11.8 Å². The van der Waals surface area contributed by atoms with Crippen molar-refractivity contribution in [2.45, 2.75) is 88.0 Å². The zero-order chi connectivity index (χ0) is 26.4. The van der Waals surface area contributed by atoms with E-state index in [2.05, 4.69) is 37.8 Å². The fourth-order valence-electron chi connectivity index (χ4n) is 7.90. The Kier molecular flexibility index (Phi) is 6.00. The highest BCUT2D eigenvalue weighted by molar-refractivity contribution is 7.99. The van der Waals surface area contributed by atoms with Crippen LogP contribution in [0.5, 0.6) is 5.75 Å². The minimum Gasteiger partial charge on any atom is -0.452 e. The number of carbonyl (C=O) groups excluding carboxylic acids is 1. The monoisotopic (exact) mass is 541 g/mol. The van der Waals surface area contributed by atoms with E-state index in [4.69, 9.17) is 23.5 Å². The lowest BCUT2D eigenvalue weighted by atomic mass is 9.43. The number of cyclic esters (lactones) is 1. The zero-order valence-corrected chi connectivity index (χ0v) is 24.1. The molecule has 0 spiro atoms. The van der Waals surface area contributed by atoms with Crippen molar-refractivity contribution in [1.29, 1.82) is 0 Å². The molecule has 2 saturated heterocycles. The number of esters is 1. The van der Waals surface area contributed by atoms with Crippen molar-refractivity contribution in [3.05, 3.63) is 23.3 Å². The quantitative estimate of drug-likeness (QED) is 0.284. The first kappa shape index (κ1) is 25.7. The maximum Gasteiger partial charge on any atom is 0.461 e. The summed E-state index contributed by atoms with van der Waals surface area (Å²) >= 11 is 1.70.